The Morgan fingerprint density at radius 2 is 2.36 bits per heavy atom. The predicted molar refractivity (Wildman–Crippen MR) is 48.9 cm³/mol. The molecular formula is C8H4ClN5. The largest absolute Gasteiger partial charge is 0.239 e. The summed E-state index contributed by atoms with van der Waals surface area (Å²) in [5.41, 5.74) is 0.113. The van der Waals surface area contributed by atoms with Crippen LogP contribution < -0.4 is 0 Å². The molecule has 0 aliphatic heterocycles. The molecule has 0 radical (unpaired) electrons. The minimum absolute atomic E-state index is 0.0838. The number of hydrogen-bond donors (Lipinski definition) is 0. The highest BCUT2D eigenvalue weighted by Gasteiger charge is 2.05. The molecule has 5 nitrogen and oxygen atoms in total. The number of aromatic nitrogens is 4. The zero-order chi connectivity index (χ0) is 9.97. The van der Waals surface area contributed by atoms with Crippen molar-refractivity contribution in [2.24, 2.45) is 0 Å². The van der Waals surface area contributed by atoms with Gasteiger partial charge in [-0.3, -0.25) is 0 Å². The van der Waals surface area contributed by atoms with E-state index in [0.717, 1.165) is 0 Å². The van der Waals surface area contributed by atoms with Gasteiger partial charge >= 0.3 is 0 Å². The Labute approximate surface area is 84.6 Å². The predicted octanol–water partition coefficient (Wildman–Crippen LogP) is 1.19. The molecule has 14 heavy (non-hydrogen) atoms. The van der Waals surface area contributed by atoms with E-state index in [9.17, 15) is 0 Å². The van der Waals surface area contributed by atoms with Gasteiger partial charge in [0.25, 0.3) is 0 Å². The molecule has 2 heterocycles. The molecule has 0 amide bonds. The molecule has 0 atom stereocenters. The minimum atomic E-state index is 0.0838. The summed E-state index contributed by atoms with van der Waals surface area (Å²) in [4.78, 5) is 7.80. The summed E-state index contributed by atoms with van der Waals surface area (Å²) < 4.78 is 1.51. The topological polar surface area (TPSA) is 67.4 Å². The van der Waals surface area contributed by atoms with Gasteiger partial charge in [0.05, 0.1) is 6.20 Å². The molecule has 0 fully saturated rings. The molecule has 6 heteroatoms. The van der Waals surface area contributed by atoms with Crippen molar-refractivity contribution in [1.82, 2.24) is 19.7 Å². The first-order chi connectivity index (χ1) is 6.81. The van der Waals surface area contributed by atoms with Gasteiger partial charge in [-0.1, -0.05) is 11.6 Å². The fourth-order valence-electron chi connectivity index (χ4n) is 0.948. The van der Waals surface area contributed by atoms with Gasteiger partial charge in [0.2, 0.25) is 0 Å². The van der Waals surface area contributed by atoms with E-state index in [-0.39, 0.29) is 10.8 Å². The lowest BCUT2D eigenvalue weighted by atomic mass is 10.5. The number of nitriles is 1. The van der Waals surface area contributed by atoms with Crippen LogP contribution in [0.1, 0.15) is 5.69 Å². The lowest BCUT2D eigenvalue weighted by molar-refractivity contribution is 0.836. The maximum atomic E-state index is 8.58. The second kappa shape index (κ2) is 3.44. The highest BCUT2D eigenvalue weighted by molar-refractivity contribution is 6.30. The van der Waals surface area contributed by atoms with Crippen molar-refractivity contribution in [3.8, 4) is 11.9 Å². The summed E-state index contributed by atoms with van der Waals surface area (Å²) in [5.74, 6) is 0.485. The van der Waals surface area contributed by atoms with Gasteiger partial charge in [0.15, 0.2) is 16.7 Å². The van der Waals surface area contributed by atoms with Crippen molar-refractivity contribution in [2.75, 3.05) is 0 Å². The van der Waals surface area contributed by atoms with Gasteiger partial charge in [-0.2, -0.15) is 10.4 Å². The SMILES string of the molecule is N#Cc1ncc(-n2cccn2)nc1Cl. The van der Waals surface area contributed by atoms with Crippen LogP contribution >= 0.6 is 11.6 Å². The molecule has 0 unspecified atom stereocenters. The Balaban J connectivity index is 2.49. The van der Waals surface area contributed by atoms with Gasteiger partial charge in [0, 0.05) is 12.4 Å². The van der Waals surface area contributed by atoms with Crippen molar-refractivity contribution in [1.29, 1.82) is 5.26 Å². The second-order valence-corrected chi connectivity index (χ2v) is 2.79. The molecule has 2 aromatic rings. The maximum absolute atomic E-state index is 8.58. The van der Waals surface area contributed by atoms with E-state index in [1.54, 1.807) is 18.5 Å². The third-order valence-electron chi connectivity index (χ3n) is 1.56. The van der Waals surface area contributed by atoms with Crippen molar-refractivity contribution in [3.05, 3.63) is 35.5 Å². The van der Waals surface area contributed by atoms with E-state index in [4.69, 9.17) is 16.9 Å². The Morgan fingerprint density at radius 3 is 2.93 bits per heavy atom. The summed E-state index contributed by atoms with van der Waals surface area (Å²) >= 11 is 5.71. The van der Waals surface area contributed by atoms with Gasteiger partial charge in [-0.15, -0.1) is 0 Å². The number of hydrogen-bond acceptors (Lipinski definition) is 4. The average molecular weight is 206 g/mol. The molecule has 0 saturated carbocycles. The monoisotopic (exact) mass is 205 g/mol. The molecule has 0 N–H and O–H groups in total. The van der Waals surface area contributed by atoms with Crippen LogP contribution in [0.2, 0.25) is 5.15 Å². The summed E-state index contributed by atoms with van der Waals surface area (Å²) in [5, 5.41) is 12.6. The Bertz CT molecular complexity index is 485. The molecule has 2 rings (SSSR count). The smallest absolute Gasteiger partial charge is 0.178 e. The van der Waals surface area contributed by atoms with Crippen LogP contribution in [0, 0.1) is 11.3 Å². The van der Waals surface area contributed by atoms with E-state index in [1.807, 2.05) is 6.07 Å². The van der Waals surface area contributed by atoms with Crippen molar-refractivity contribution in [3.63, 3.8) is 0 Å². The highest BCUT2D eigenvalue weighted by atomic mass is 35.5. The Morgan fingerprint density at radius 1 is 1.50 bits per heavy atom. The average Bonchev–Trinajstić information content (AvgIpc) is 2.70. The third kappa shape index (κ3) is 1.43. The fourth-order valence-corrected chi connectivity index (χ4v) is 1.13. The summed E-state index contributed by atoms with van der Waals surface area (Å²) in [7, 11) is 0. The van der Waals surface area contributed by atoms with Gasteiger partial charge in [0.1, 0.15) is 6.07 Å². The fraction of sp³-hybridized carbons (Fsp3) is 0. The first kappa shape index (κ1) is 8.66. The van der Waals surface area contributed by atoms with E-state index in [1.165, 1.54) is 10.9 Å². The van der Waals surface area contributed by atoms with E-state index >= 15 is 0 Å². The maximum Gasteiger partial charge on any atom is 0.178 e. The molecule has 0 aliphatic rings. The van der Waals surface area contributed by atoms with Crippen LogP contribution in [0.15, 0.2) is 24.7 Å². The second-order valence-electron chi connectivity index (χ2n) is 2.43. The quantitative estimate of drug-likeness (QED) is 0.701. The van der Waals surface area contributed by atoms with Crippen molar-refractivity contribution >= 4 is 11.6 Å². The molecule has 0 bridgehead atoms. The molecule has 0 saturated heterocycles. The number of nitrogens with zero attached hydrogens (tertiary/aromatic N) is 5. The van der Waals surface area contributed by atoms with Crippen LogP contribution in [0.25, 0.3) is 5.82 Å². The first-order valence-electron chi connectivity index (χ1n) is 3.74. The minimum Gasteiger partial charge on any atom is -0.239 e. The summed E-state index contributed by atoms with van der Waals surface area (Å²) in [6, 6.07) is 3.59. The highest BCUT2D eigenvalue weighted by Crippen LogP contribution is 2.11. The van der Waals surface area contributed by atoms with E-state index in [2.05, 4.69) is 15.1 Å². The van der Waals surface area contributed by atoms with Gasteiger partial charge < -0.3 is 0 Å². The van der Waals surface area contributed by atoms with Crippen LogP contribution in [0.4, 0.5) is 0 Å². The van der Waals surface area contributed by atoms with E-state index in [0.29, 0.717) is 5.82 Å². The first-order valence-corrected chi connectivity index (χ1v) is 4.11. The molecule has 2 aromatic heterocycles. The van der Waals surface area contributed by atoms with Crippen LogP contribution in [-0.2, 0) is 0 Å². The van der Waals surface area contributed by atoms with E-state index < -0.39 is 0 Å². The summed E-state index contributed by atoms with van der Waals surface area (Å²) in [6.45, 7) is 0. The molecule has 0 spiro atoms. The molecule has 68 valence electrons. The lowest BCUT2D eigenvalue weighted by Crippen LogP contribution is -2.00. The number of halogens is 1. The molecule has 0 aliphatic carbocycles. The standard InChI is InChI=1S/C8H4ClN5/c9-8-6(4-10)11-5-7(13-8)14-3-1-2-12-14/h1-3,5H. The van der Waals surface area contributed by atoms with Gasteiger partial charge in [-0.05, 0) is 6.07 Å². The lowest BCUT2D eigenvalue weighted by Gasteiger charge is -1.99. The zero-order valence-corrected chi connectivity index (χ0v) is 7.68. The normalized spacial score (nSPS) is 9.71. The van der Waals surface area contributed by atoms with Crippen molar-refractivity contribution < 1.29 is 0 Å². The van der Waals surface area contributed by atoms with Crippen LogP contribution in [0.3, 0.4) is 0 Å². The Hall–Kier alpha value is -1.93. The van der Waals surface area contributed by atoms with Gasteiger partial charge in [-0.25, -0.2) is 14.6 Å². The third-order valence-corrected chi connectivity index (χ3v) is 1.83. The molecular weight excluding hydrogens is 202 g/mol. The summed E-state index contributed by atoms with van der Waals surface area (Å²) in [6.07, 6.45) is 4.78. The zero-order valence-electron chi connectivity index (χ0n) is 6.92. The number of rotatable bonds is 1. The van der Waals surface area contributed by atoms with Crippen LogP contribution in [0.5, 0.6) is 0 Å². The molecule has 0 aromatic carbocycles. The van der Waals surface area contributed by atoms with Crippen molar-refractivity contribution in [2.45, 2.75) is 0 Å². The Kier molecular flexibility index (Phi) is 2.13. The van der Waals surface area contributed by atoms with Crippen LogP contribution in [-0.4, -0.2) is 19.7 Å².